The van der Waals surface area contributed by atoms with Crippen LogP contribution < -0.4 is 4.74 Å². The first-order chi connectivity index (χ1) is 14.2. The van der Waals surface area contributed by atoms with Gasteiger partial charge in [-0.15, -0.1) is 21.5 Å². The molecule has 0 spiro atoms. The molecule has 0 aliphatic rings. The van der Waals surface area contributed by atoms with Gasteiger partial charge in [-0.2, -0.15) is 0 Å². The Morgan fingerprint density at radius 2 is 1.83 bits per heavy atom. The Balaban J connectivity index is 1.40. The zero-order chi connectivity index (χ0) is 20.1. The third kappa shape index (κ3) is 4.86. The molecule has 0 fully saturated rings. The van der Waals surface area contributed by atoms with Gasteiger partial charge in [0.15, 0.2) is 11.0 Å². The number of nitrogens with zero attached hydrogens (tertiary/aromatic N) is 4. The topological polar surface area (TPSA) is 52.8 Å². The second kappa shape index (κ2) is 9.24. The molecule has 0 atom stereocenters. The van der Waals surface area contributed by atoms with Crippen molar-refractivity contribution < 1.29 is 4.74 Å². The Morgan fingerprint density at radius 1 is 1.03 bits per heavy atom. The van der Waals surface area contributed by atoms with Gasteiger partial charge in [-0.1, -0.05) is 59.8 Å². The molecular weight excluding hydrogens is 400 g/mol. The molecule has 0 amide bonds. The molecule has 0 saturated carbocycles. The fraction of sp³-hybridized carbons (Fsp3) is 0.227. The van der Waals surface area contributed by atoms with Crippen molar-refractivity contribution in [2.24, 2.45) is 0 Å². The average Bonchev–Trinajstić information content (AvgIpc) is 3.38. The van der Waals surface area contributed by atoms with Gasteiger partial charge >= 0.3 is 0 Å². The molecule has 148 valence electrons. The predicted octanol–water partition coefficient (Wildman–Crippen LogP) is 5.60. The SMILES string of the molecule is CCn1c(COc2ccccc2)nnc1SCc1csc(-c2ccc(C)cc2)n1. The van der Waals surface area contributed by atoms with Crippen molar-refractivity contribution >= 4 is 23.1 Å². The van der Waals surface area contributed by atoms with E-state index in [-0.39, 0.29) is 0 Å². The number of para-hydroxylation sites is 1. The summed E-state index contributed by atoms with van der Waals surface area (Å²) in [6.07, 6.45) is 0. The first-order valence-electron chi connectivity index (χ1n) is 9.47. The van der Waals surface area contributed by atoms with Gasteiger partial charge in [0.05, 0.1) is 5.69 Å². The molecule has 2 aromatic heterocycles. The molecule has 2 aromatic carbocycles. The van der Waals surface area contributed by atoms with Crippen LogP contribution in [0.1, 0.15) is 24.0 Å². The number of aryl methyl sites for hydroxylation is 1. The van der Waals surface area contributed by atoms with E-state index in [9.17, 15) is 0 Å². The predicted molar refractivity (Wildman–Crippen MR) is 118 cm³/mol. The molecule has 0 N–H and O–H groups in total. The number of thioether (sulfide) groups is 1. The van der Waals surface area contributed by atoms with E-state index in [1.54, 1.807) is 23.1 Å². The van der Waals surface area contributed by atoms with Gasteiger partial charge < -0.3 is 9.30 Å². The summed E-state index contributed by atoms with van der Waals surface area (Å²) in [5.74, 6) is 2.43. The molecular formula is C22H22N4OS2. The molecule has 0 bridgehead atoms. The second-order valence-electron chi connectivity index (χ2n) is 6.54. The molecule has 0 saturated heterocycles. The van der Waals surface area contributed by atoms with Gasteiger partial charge in [0.2, 0.25) is 0 Å². The van der Waals surface area contributed by atoms with E-state index in [1.807, 2.05) is 30.3 Å². The number of rotatable bonds is 8. The number of hydrogen-bond acceptors (Lipinski definition) is 6. The van der Waals surface area contributed by atoms with Crippen LogP contribution in [0.15, 0.2) is 65.1 Å². The summed E-state index contributed by atoms with van der Waals surface area (Å²) in [5, 5.41) is 12.7. The summed E-state index contributed by atoms with van der Waals surface area (Å²) in [6.45, 7) is 5.39. The molecule has 4 aromatic rings. The number of benzene rings is 2. The Labute approximate surface area is 178 Å². The van der Waals surface area contributed by atoms with E-state index in [0.717, 1.165) is 45.3 Å². The van der Waals surface area contributed by atoms with Gasteiger partial charge in [-0.3, -0.25) is 0 Å². The van der Waals surface area contributed by atoms with Crippen LogP contribution in [0.4, 0.5) is 0 Å². The van der Waals surface area contributed by atoms with Crippen LogP contribution in [0.25, 0.3) is 10.6 Å². The van der Waals surface area contributed by atoms with Crippen LogP contribution in [0.2, 0.25) is 0 Å². The minimum absolute atomic E-state index is 0.402. The van der Waals surface area contributed by atoms with Crippen LogP contribution in [0, 0.1) is 6.92 Å². The highest BCUT2D eigenvalue weighted by molar-refractivity contribution is 7.98. The molecule has 5 nitrogen and oxygen atoms in total. The highest BCUT2D eigenvalue weighted by atomic mass is 32.2. The molecule has 29 heavy (non-hydrogen) atoms. The molecule has 7 heteroatoms. The number of ether oxygens (including phenoxy) is 1. The van der Waals surface area contributed by atoms with E-state index >= 15 is 0 Å². The van der Waals surface area contributed by atoms with Crippen molar-refractivity contribution in [2.45, 2.75) is 37.9 Å². The number of aromatic nitrogens is 4. The van der Waals surface area contributed by atoms with E-state index in [1.165, 1.54) is 5.56 Å². The lowest BCUT2D eigenvalue weighted by Gasteiger charge is -2.08. The zero-order valence-corrected chi connectivity index (χ0v) is 18.0. The third-order valence-electron chi connectivity index (χ3n) is 4.42. The van der Waals surface area contributed by atoms with Gasteiger partial charge in [-0.25, -0.2) is 4.98 Å². The lowest BCUT2D eigenvalue weighted by atomic mass is 10.2. The lowest BCUT2D eigenvalue weighted by molar-refractivity contribution is 0.288. The lowest BCUT2D eigenvalue weighted by Crippen LogP contribution is -2.07. The summed E-state index contributed by atoms with van der Waals surface area (Å²) < 4.78 is 7.93. The van der Waals surface area contributed by atoms with E-state index in [0.29, 0.717) is 6.61 Å². The zero-order valence-electron chi connectivity index (χ0n) is 16.4. The highest BCUT2D eigenvalue weighted by Gasteiger charge is 2.13. The van der Waals surface area contributed by atoms with Crippen molar-refractivity contribution in [3.05, 3.63) is 77.1 Å². The van der Waals surface area contributed by atoms with Crippen LogP contribution >= 0.6 is 23.1 Å². The fourth-order valence-electron chi connectivity index (χ4n) is 2.86. The van der Waals surface area contributed by atoms with E-state index in [4.69, 9.17) is 9.72 Å². The maximum atomic E-state index is 5.83. The normalized spacial score (nSPS) is 11.0. The minimum atomic E-state index is 0.402. The summed E-state index contributed by atoms with van der Waals surface area (Å²) in [6, 6.07) is 18.3. The van der Waals surface area contributed by atoms with Gasteiger partial charge in [0, 0.05) is 23.2 Å². The first kappa shape index (κ1) is 19.7. The quantitative estimate of drug-likeness (QED) is 0.346. The van der Waals surface area contributed by atoms with Crippen LogP contribution in [-0.4, -0.2) is 19.7 Å². The third-order valence-corrected chi connectivity index (χ3v) is 6.36. The molecule has 0 aliphatic heterocycles. The Hall–Kier alpha value is -2.64. The van der Waals surface area contributed by atoms with E-state index in [2.05, 4.69) is 58.3 Å². The fourth-order valence-corrected chi connectivity index (χ4v) is 4.70. The second-order valence-corrected chi connectivity index (χ2v) is 8.34. The first-order valence-corrected chi connectivity index (χ1v) is 11.3. The summed E-state index contributed by atoms with van der Waals surface area (Å²) in [7, 11) is 0. The smallest absolute Gasteiger partial charge is 0.191 e. The maximum absolute atomic E-state index is 5.83. The highest BCUT2D eigenvalue weighted by Crippen LogP contribution is 2.28. The minimum Gasteiger partial charge on any atom is -0.486 e. The van der Waals surface area contributed by atoms with E-state index < -0.39 is 0 Å². The Bertz CT molecular complexity index is 1060. The van der Waals surface area contributed by atoms with Gasteiger partial charge in [-0.05, 0) is 26.0 Å². The number of thiazole rings is 1. The van der Waals surface area contributed by atoms with Crippen LogP contribution in [0.3, 0.4) is 0 Å². The van der Waals surface area contributed by atoms with Crippen LogP contribution in [-0.2, 0) is 18.9 Å². The number of hydrogen-bond donors (Lipinski definition) is 0. The largest absolute Gasteiger partial charge is 0.486 e. The Morgan fingerprint density at radius 3 is 2.59 bits per heavy atom. The summed E-state index contributed by atoms with van der Waals surface area (Å²) >= 11 is 3.33. The van der Waals surface area contributed by atoms with Gasteiger partial charge in [0.1, 0.15) is 17.4 Å². The summed E-state index contributed by atoms with van der Waals surface area (Å²) in [4.78, 5) is 4.78. The molecule has 2 heterocycles. The molecule has 0 aliphatic carbocycles. The van der Waals surface area contributed by atoms with Crippen molar-refractivity contribution in [1.82, 2.24) is 19.7 Å². The average molecular weight is 423 g/mol. The summed E-state index contributed by atoms with van der Waals surface area (Å²) in [5.41, 5.74) is 3.48. The van der Waals surface area contributed by atoms with Crippen molar-refractivity contribution in [2.75, 3.05) is 0 Å². The van der Waals surface area contributed by atoms with Crippen molar-refractivity contribution in [3.8, 4) is 16.3 Å². The maximum Gasteiger partial charge on any atom is 0.191 e. The molecule has 0 radical (unpaired) electrons. The Kier molecular flexibility index (Phi) is 6.27. The molecule has 4 rings (SSSR count). The standard InChI is InChI=1S/C22H22N4OS2/c1-3-26-20(13-27-19-7-5-4-6-8-19)24-25-22(26)29-15-18-14-28-21(23-18)17-11-9-16(2)10-12-17/h4-12,14H,3,13,15H2,1-2H3. The van der Waals surface area contributed by atoms with Crippen LogP contribution in [0.5, 0.6) is 5.75 Å². The van der Waals surface area contributed by atoms with Crippen molar-refractivity contribution in [3.63, 3.8) is 0 Å². The molecule has 0 unspecified atom stereocenters. The monoisotopic (exact) mass is 422 g/mol. The van der Waals surface area contributed by atoms with Crippen molar-refractivity contribution in [1.29, 1.82) is 0 Å². The van der Waals surface area contributed by atoms with Gasteiger partial charge in [0.25, 0.3) is 0 Å².